The van der Waals surface area contributed by atoms with E-state index in [0.29, 0.717) is 5.04 Å². The molecule has 1 aliphatic rings. The predicted octanol–water partition coefficient (Wildman–Crippen LogP) is -0.995. The first-order valence-corrected chi connectivity index (χ1v) is 7.82. The molecule has 0 amide bonds. The summed E-state index contributed by atoms with van der Waals surface area (Å²) in [6, 6.07) is 7.73. The van der Waals surface area contributed by atoms with Crippen molar-refractivity contribution in [3.05, 3.63) is 34.3 Å². The maximum absolute atomic E-state index is 11.5. The van der Waals surface area contributed by atoms with Crippen molar-refractivity contribution < 1.29 is 27.3 Å². The first-order chi connectivity index (χ1) is 8.98. The summed E-state index contributed by atoms with van der Waals surface area (Å²) in [6.45, 7) is 0. The Labute approximate surface area is 141 Å². The minimum Gasteiger partial charge on any atom is -1.00 e. The topological polar surface area (TPSA) is 51.9 Å². The van der Waals surface area contributed by atoms with Crippen LogP contribution in [0.2, 0.25) is 0 Å². The summed E-state index contributed by atoms with van der Waals surface area (Å²) in [7, 11) is 1.35. The smallest absolute Gasteiger partial charge is 0.325 e. The van der Waals surface area contributed by atoms with Gasteiger partial charge in [-0.2, -0.15) is 0 Å². The van der Waals surface area contributed by atoms with Gasteiger partial charge < -0.3 is 17.1 Å². The van der Waals surface area contributed by atoms with E-state index < -0.39 is 11.3 Å². The van der Waals surface area contributed by atoms with Gasteiger partial charge in [0.2, 0.25) is 5.04 Å². The third-order valence-corrected chi connectivity index (χ3v) is 5.81. The number of esters is 1. The highest BCUT2D eigenvalue weighted by molar-refractivity contribution is 9.10. The summed E-state index contributed by atoms with van der Waals surface area (Å²) < 4.78 is 5.39. The Morgan fingerprint density at radius 3 is 2.45 bits per heavy atom. The van der Waals surface area contributed by atoms with Gasteiger partial charge >= 0.3 is 5.97 Å². The van der Waals surface area contributed by atoms with Crippen molar-refractivity contribution in [1.82, 2.24) is 0 Å². The lowest BCUT2D eigenvalue weighted by Crippen LogP contribution is -3.00. The molecule has 20 heavy (non-hydrogen) atoms. The van der Waals surface area contributed by atoms with E-state index >= 15 is 0 Å². The second-order valence-electron chi connectivity index (χ2n) is 4.42. The van der Waals surface area contributed by atoms with Crippen LogP contribution < -0.4 is 17.8 Å². The van der Waals surface area contributed by atoms with Crippen LogP contribution in [0.4, 0.5) is 0 Å². The Hall–Kier alpha value is -0.230. The number of rotatable bonds is 4. The summed E-state index contributed by atoms with van der Waals surface area (Å²) in [5, 5.41) is 6.13. The molecule has 0 aromatic heterocycles. The fraction of sp³-hybridized carbons (Fsp3) is 0.385. The fourth-order valence-corrected chi connectivity index (χ4v) is 3.64. The van der Waals surface area contributed by atoms with Crippen LogP contribution in [0.3, 0.4) is 0 Å². The van der Waals surface area contributed by atoms with Crippen LogP contribution in [0.25, 0.3) is 0 Å². The van der Waals surface area contributed by atoms with E-state index in [9.17, 15) is 4.79 Å². The van der Waals surface area contributed by atoms with Crippen LogP contribution in [0.5, 0.6) is 0 Å². The monoisotopic (exact) mass is 397 g/mol. The minimum absolute atomic E-state index is 0. The number of hydrogen-bond acceptors (Lipinski definition) is 3. The fourth-order valence-electron chi connectivity index (χ4n) is 1.74. The Kier molecular flexibility index (Phi) is 6.38. The predicted molar refractivity (Wildman–Crippen MR) is 81.4 cm³/mol. The molecular formula is C13H14BrCl2NO2S. The molecule has 3 nitrogen and oxygen atoms in total. The summed E-state index contributed by atoms with van der Waals surface area (Å²) >= 11 is 11.0. The van der Waals surface area contributed by atoms with Crippen LogP contribution in [-0.2, 0) is 9.53 Å². The van der Waals surface area contributed by atoms with Crippen molar-refractivity contribution in [1.29, 1.82) is 0 Å². The lowest BCUT2D eigenvalue weighted by molar-refractivity contribution is -0.140. The second kappa shape index (κ2) is 7.16. The van der Waals surface area contributed by atoms with Crippen LogP contribution in [-0.4, -0.2) is 28.2 Å². The van der Waals surface area contributed by atoms with Gasteiger partial charge in [-0.05, 0) is 48.9 Å². The molecule has 1 aliphatic carbocycles. The largest absolute Gasteiger partial charge is 1.00 e. The number of halogens is 3. The quantitative estimate of drug-likeness (QED) is 0.306. The third-order valence-electron chi connectivity index (χ3n) is 3.05. The molecule has 1 unspecified atom stereocenters. The lowest BCUT2D eigenvalue weighted by atomic mass is 10.2. The molecule has 110 valence electrons. The number of carbonyl (C=O) groups is 1. The van der Waals surface area contributed by atoms with Gasteiger partial charge in [-0.25, -0.2) is 5.41 Å². The van der Waals surface area contributed by atoms with Gasteiger partial charge in [0.15, 0.2) is 0 Å². The zero-order valence-corrected chi connectivity index (χ0v) is 14.7. The normalized spacial score (nSPS) is 16.8. The molecule has 2 rings (SSSR count). The zero-order chi connectivity index (χ0) is 14.0. The van der Waals surface area contributed by atoms with Gasteiger partial charge in [-0.1, -0.05) is 15.9 Å². The number of alkyl halides is 1. The SMILES string of the molecule is COC(=O)C(Cl)C1(SC(=[NH2+])c2ccc(Br)cc2)CC1.[Cl-]. The summed E-state index contributed by atoms with van der Waals surface area (Å²) in [4.78, 5) is 11.5. The summed E-state index contributed by atoms with van der Waals surface area (Å²) in [5.41, 5.74) is 0.938. The van der Waals surface area contributed by atoms with E-state index in [2.05, 4.69) is 15.9 Å². The highest BCUT2D eigenvalue weighted by Crippen LogP contribution is 2.53. The Bertz CT molecular complexity index is 506. The highest BCUT2D eigenvalue weighted by atomic mass is 79.9. The number of carbonyl (C=O) groups excluding carboxylic acids is 1. The zero-order valence-electron chi connectivity index (χ0n) is 10.7. The first-order valence-electron chi connectivity index (χ1n) is 5.78. The molecule has 1 saturated carbocycles. The van der Waals surface area contributed by atoms with Crippen molar-refractivity contribution in [3.8, 4) is 0 Å². The van der Waals surface area contributed by atoms with Gasteiger partial charge in [0.05, 0.1) is 17.4 Å². The van der Waals surface area contributed by atoms with E-state index in [0.717, 1.165) is 22.9 Å². The molecular weight excluding hydrogens is 385 g/mol. The number of ether oxygens (including phenoxy) is 1. The molecule has 1 atom stereocenters. The molecule has 0 heterocycles. The van der Waals surface area contributed by atoms with Crippen molar-refractivity contribution >= 4 is 50.3 Å². The maximum atomic E-state index is 11.5. The molecule has 0 aliphatic heterocycles. The molecule has 1 fully saturated rings. The highest BCUT2D eigenvalue weighted by Gasteiger charge is 2.55. The molecule has 1 aromatic rings. The molecule has 0 bridgehead atoms. The van der Waals surface area contributed by atoms with E-state index in [1.54, 1.807) is 0 Å². The number of nitrogens with two attached hydrogens (primary N) is 1. The first kappa shape index (κ1) is 17.8. The van der Waals surface area contributed by atoms with Crippen molar-refractivity contribution in [3.63, 3.8) is 0 Å². The molecule has 2 N–H and O–H groups in total. The van der Waals surface area contributed by atoms with E-state index in [1.807, 2.05) is 24.3 Å². The molecule has 1 aromatic carbocycles. The number of methoxy groups -OCH3 is 1. The van der Waals surface area contributed by atoms with Crippen molar-refractivity contribution in [2.24, 2.45) is 0 Å². The summed E-state index contributed by atoms with van der Waals surface area (Å²) in [5.74, 6) is -0.393. The second-order valence-corrected chi connectivity index (χ2v) is 7.23. The minimum atomic E-state index is -0.656. The Balaban J connectivity index is 0.00000200. The molecule has 0 radical (unpaired) electrons. The van der Waals surface area contributed by atoms with Crippen molar-refractivity contribution in [2.45, 2.75) is 23.0 Å². The molecule has 7 heteroatoms. The summed E-state index contributed by atoms with van der Waals surface area (Å²) in [6.07, 6.45) is 1.75. The average molecular weight is 399 g/mol. The van der Waals surface area contributed by atoms with E-state index in [-0.39, 0.29) is 17.2 Å². The van der Waals surface area contributed by atoms with Gasteiger partial charge in [0.25, 0.3) is 0 Å². The maximum Gasteiger partial charge on any atom is 0.325 e. The van der Waals surface area contributed by atoms with Gasteiger partial charge in [-0.15, -0.1) is 11.6 Å². The standard InChI is InChI=1S/C13H13BrClNO2S.ClH/c1-18-12(17)10(15)13(6-7-13)19-11(16)8-2-4-9(14)5-3-8;/h2-5,10,16H,6-7H2,1H3;1H. The average Bonchev–Trinajstić information content (AvgIpc) is 3.18. The van der Waals surface area contributed by atoms with E-state index in [1.165, 1.54) is 18.9 Å². The van der Waals surface area contributed by atoms with Crippen LogP contribution in [0, 0.1) is 0 Å². The Morgan fingerprint density at radius 2 is 2.00 bits per heavy atom. The Morgan fingerprint density at radius 1 is 1.45 bits per heavy atom. The molecule has 0 spiro atoms. The van der Waals surface area contributed by atoms with Crippen LogP contribution in [0.1, 0.15) is 18.4 Å². The lowest BCUT2D eigenvalue weighted by Gasteiger charge is -2.17. The van der Waals surface area contributed by atoms with Gasteiger partial charge in [-0.3, -0.25) is 4.79 Å². The van der Waals surface area contributed by atoms with Crippen molar-refractivity contribution in [2.75, 3.05) is 7.11 Å². The third kappa shape index (κ3) is 3.91. The number of thioether (sulfide) groups is 1. The number of hydrogen-bond donors (Lipinski definition) is 1. The van der Waals surface area contributed by atoms with Gasteiger partial charge in [0, 0.05) is 4.47 Å². The van der Waals surface area contributed by atoms with Gasteiger partial charge in [0.1, 0.15) is 5.38 Å². The van der Waals surface area contributed by atoms with Crippen LogP contribution in [0.15, 0.2) is 28.7 Å². The molecule has 0 saturated heterocycles. The number of benzene rings is 1. The van der Waals surface area contributed by atoms with E-state index in [4.69, 9.17) is 21.7 Å². The van der Waals surface area contributed by atoms with Crippen LogP contribution >= 0.6 is 39.3 Å².